The summed E-state index contributed by atoms with van der Waals surface area (Å²) in [6.07, 6.45) is -13.5. The van der Waals surface area contributed by atoms with Gasteiger partial charge in [0.15, 0.2) is 12.5 Å². The second-order valence-electron chi connectivity index (χ2n) is 6.43. The van der Waals surface area contributed by atoms with Crippen molar-refractivity contribution in [2.75, 3.05) is 13.2 Å². The summed E-state index contributed by atoms with van der Waals surface area (Å²) in [5, 5.41) is 50.0. The number of hydrogen-bond donors (Lipinski definition) is 6. The maximum Gasteiger partial charge on any atom is 0.302 e. The van der Waals surface area contributed by atoms with Gasteiger partial charge in [0.25, 0.3) is 0 Å². The van der Waals surface area contributed by atoms with Crippen molar-refractivity contribution in [2.45, 2.75) is 69.1 Å². The number of rotatable bonds is 6. The number of carbonyl (C=O) groups is 2. The highest BCUT2D eigenvalue weighted by molar-refractivity contribution is 5.66. The summed E-state index contributed by atoms with van der Waals surface area (Å²) in [7, 11) is 0. The molecule has 13 nitrogen and oxygen atoms in total. The first-order valence-corrected chi connectivity index (χ1v) is 8.51. The molecule has 0 amide bonds. The second-order valence-corrected chi connectivity index (χ2v) is 6.43. The van der Waals surface area contributed by atoms with Crippen LogP contribution in [0.5, 0.6) is 0 Å². The minimum atomic E-state index is -1.74. The minimum Gasteiger partial charge on any atom is -0.463 e. The molecule has 0 aromatic rings. The maximum atomic E-state index is 11.0. The molecule has 0 radical (unpaired) electrons. The van der Waals surface area contributed by atoms with E-state index < -0.39 is 73.8 Å². The lowest BCUT2D eigenvalue weighted by Crippen LogP contribution is -2.65. The third-order valence-corrected chi connectivity index (χ3v) is 4.23. The summed E-state index contributed by atoms with van der Waals surface area (Å²) in [5.74, 6) is -1.28. The summed E-state index contributed by atoms with van der Waals surface area (Å²) < 4.78 is 20.4. The molecular weight excluding hydrogens is 386 g/mol. The van der Waals surface area contributed by atoms with Crippen molar-refractivity contribution in [2.24, 2.45) is 0 Å². The third-order valence-electron chi connectivity index (χ3n) is 4.23. The molecule has 6 N–H and O–H groups in total. The van der Waals surface area contributed by atoms with Crippen LogP contribution in [-0.4, -0.2) is 106 Å². The maximum absolute atomic E-state index is 11.0. The highest BCUT2D eigenvalue weighted by atomic mass is 16.7. The number of esters is 2. The Morgan fingerprint density at radius 3 is 2.00 bits per heavy atom. The van der Waals surface area contributed by atoms with Gasteiger partial charge in [-0.15, -0.1) is 0 Å². The quantitative estimate of drug-likeness (QED) is 0.231. The lowest BCUT2D eigenvalue weighted by molar-refractivity contribution is -0.345. The Labute approximate surface area is 159 Å². The average molecular weight is 411 g/mol. The van der Waals surface area contributed by atoms with Crippen LogP contribution in [0.3, 0.4) is 0 Å². The molecule has 2 aliphatic heterocycles. The Morgan fingerprint density at radius 2 is 1.43 bits per heavy atom. The van der Waals surface area contributed by atoms with Gasteiger partial charge in [-0.1, -0.05) is 0 Å². The first-order chi connectivity index (χ1) is 13.1. The van der Waals surface area contributed by atoms with E-state index in [0.29, 0.717) is 0 Å². The monoisotopic (exact) mass is 411 g/mol. The molecule has 0 aromatic heterocycles. The molecule has 0 bridgehead atoms. The number of aliphatic hydroxyl groups is 5. The van der Waals surface area contributed by atoms with Gasteiger partial charge in [-0.3, -0.25) is 14.4 Å². The third kappa shape index (κ3) is 5.56. The molecule has 9 atom stereocenters. The molecular formula is C15H25NO12. The Hall–Kier alpha value is -1.42. The van der Waals surface area contributed by atoms with Crippen molar-refractivity contribution in [3.63, 3.8) is 0 Å². The van der Waals surface area contributed by atoms with Crippen LogP contribution in [0.15, 0.2) is 0 Å². The molecule has 2 fully saturated rings. The lowest BCUT2D eigenvalue weighted by Gasteiger charge is -2.44. The predicted molar refractivity (Wildman–Crippen MR) is 84.8 cm³/mol. The van der Waals surface area contributed by atoms with E-state index in [2.05, 4.69) is 5.48 Å². The molecule has 162 valence electrons. The zero-order valence-corrected chi connectivity index (χ0v) is 15.2. The fourth-order valence-electron chi connectivity index (χ4n) is 2.71. The normalized spacial score (nSPS) is 41.3. The first-order valence-electron chi connectivity index (χ1n) is 8.51. The van der Waals surface area contributed by atoms with Gasteiger partial charge in [0.05, 0.1) is 0 Å². The van der Waals surface area contributed by atoms with Crippen molar-refractivity contribution in [1.29, 1.82) is 0 Å². The highest BCUT2D eigenvalue weighted by Gasteiger charge is 2.49. The van der Waals surface area contributed by atoms with Crippen molar-refractivity contribution in [3.05, 3.63) is 0 Å². The molecule has 13 heteroatoms. The zero-order valence-electron chi connectivity index (χ0n) is 15.2. The van der Waals surface area contributed by atoms with Crippen LogP contribution in [0.25, 0.3) is 0 Å². The van der Waals surface area contributed by atoms with Crippen molar-refractivity contribution >= 4 is 11.9 Å². The van der Waals surface area contributed by atoms with Gasteiger partial charge in [0.2, 0.25) is 0 Å². The van der Waals surface area contributed by atoms with Crippen molar-refractivity contribution in [3.8, 4) is 0 Å². The summed E-state index contributed by atoms with van der Waals surface area (Å²) in [6, 6.07) is 0. The average Bonchev–Trinajstić information content (AvgIpc) is 2.63. The summed E-state index contributed by atoms with van der Waals surface area (Å²) in [5.41, 5.74) is 2.13. The smallest absolute Gasteiger partial charge is 0.302 e. The van der Waals surface area contributed by atoms with Crippen LogP contribution in [0, 0.1) is 0 Å². The van der Waals surface area contributed by atoms with E-state index in [0.717, 1.165) is 13.8 Å². The standard InChI is InChI=1S/C15H25NO12/c1-5(17)24-3-7-9(19)10(20)11(21)15(26-7)27-13-8(4-25-6(2)18)28-16-14(23)12(13)22/h7-16,19-23H,3-4H2,1-2H3. The Bertz CT molecular complexity index is 547. The molecule has 0 aliphatic carbocycles. The number of hydrogen-bond acceptors (Lipinski definition) is 13. The Kier molecular flexibility index (Phi) is 8.06. The van der Waals surface area contributed by atoms with Gasteiger partial charge < -0.3 is 44.5 Å². The fourth-order valence-corrected chi connectivity index (χ4v) is 2.71. The van der Waals surface area contributed by atoms with Crippen LogP contribution >= 0.6 is 0 Å². The van der Waals surface area contributed by atoms with Gasteiger partial charge in [0, 0.05) is 13.8 Å². The van der Waals surface area contributed by atoms with Crippen LogP contribution in [-0.2, 0) is 33.4 Å². The molecule has 0 saturated carbocycles. The topological polar surface area (TPSA) is 193 Å². The molecule has 0 aromatic carbocycles. The molecule has 2 aliphatic rings. The molecule has 9 unspecified atom stereocenters. The number of carbonyl (C=O) groups excluding carboxylic acids is 2. The van der Waals surface area contributed by atoms with Crippen LogP contribution in [0.4, 0.5) is 0 Å². The predicted octanol–water partition coefficient (Wildman–Crippen LogP) is -4.11. The van der Waals surface area contributed by atoms with Crippen LogP contribution in [0.2, 0.25) is 0 Å². The number of hydroxylamine groups is 1. The minimum absolute atomic E-state index is 0.359. The Balaban J connectivity index is 2.10. The van der Waals surface area contributed by atoms with Gasteiger partial charge in [-0.05, 0) is 0 Å². The SMILES string of the molecule is CC(=O)OCC1OC(OC2C(COC(C)=O)ONC(O)C2O)C(O)C(O)C1O. The van der Waals surface area contributed by atoms with E-state index in [9.17, 15) is 35.1 Å². The summed E-state index contributed by atoms with van der Waals surface area (Å²) in [6.45, 7) is 1.51. The van der Waals surface area contributed by atoms with E-state index >= 15 is 0 Å². The molecule has 0 spiro atoms. The van der Waals surface area contributed by atoms with Gasteiger partial charge in [0.1, 0.15) is 55.9 Å². The largest absolute Gasteiger partial charge is 0.463 e. The zero-order chi connectivity index (χ0) is 21.0. The number of ether oxygens (including phenoxy) is 4. The fraction of sp³-hybridized carbons (Fsp3) is 0.867. The Morgan fingerprint density at radius 1 is 0.857 bits per heavy atom. The molecule has 2 saturated heterocycles. The van der Waals surface area contributed by atoms with Gasteiger partial charge in [-0.25, -0.2) is 0 Å². The lowest BCUT2D eigenvalue weighted by atomic mass is 9.98. The van der Waals surface area contributed by atoms with E-state index in [-0.39, 0.29) is 6.61 Å². The molecule has 28 heavy (non-hydrogen) atoms. The van der Waals surface area contributed by atoms with E-state index in [1.807, 2.05) is 0 Å². The van der Waals surface area contributed by atoms with E-state index in [1.165, 1.54) is 0 Å². The van der Waals surface area contributed by atoms with E-state index in [4.69, 9.17) is 23.8 Å². The van der Waals surface area contributed by atoms with Gasteiger partial charge >= 0.3 is 11.9 Å². The highest BCUT2D eigenvalue weighted by Crippen LogP contribution is 2.26. The summed E-state index contributed by atoms with van der Waals surface area (Å²) in [4.78, 5) is 27.0. The van der Waals surface area contributed by atoms with Crippen LogP contribution < -0.4 is 5.48 Å². The number of aliphatic hydroxyl groups excluding tert-OH is 5. The van der Waals surface area contributed by atoms with Crippen molar-refractivity contribution in [1.82, 2.24) is 5.48 Å². The first kappa shape index (κ1) is 22.9. The van der Waals surface area contributed by atoms with Crippen LogP contribution in [0.1, 0.15) is 13.8 Å². The molecule has 2 rings (SSSR count). The van der Waals surface area contributed by atoms with Crippen molar-refractivity contribution < 1.29 is 58.9 Å². The van der Waals surface area contributed by atoms with Gasteiger partial charge in [-0.2, -0.15) is 5.48 Å². The second kappa shape index (κ2) is 9.87. The summed E-state index contributed by atoms with van der Waals surface area (Å²) >= 11 is 0. The number of nitrogens with one attached hydrogen (secondary N) is 1. The van der Waals surface area contributed by atoms with E-state index in [1.54, 1.807) is 0 Å². The molecule has 2 heterocycles.